The standard InChI is InChI=1S/C20H19N3O4/c1-11(24)27-10-12-3-2-4-13(7-12)14-5-6-15-16(8-14)23-17(9-18(21)25)19(15)20(22)26/h2-8,23H,9-10H2,1H3,(H2,21,25)(H2,22,26). The van der Waals surface area contributed by atoms with Gasteiger partial charge in [0.25, 0.3) is 5.91 Å². The van der Waals surface area contributed by atoms with E-state index in [9.17, 15) is 14.4 Å². The highest BCUT2D eigenvalue weighted by Gasteiger charge is 2.18. The summed E-state index contributed by atoms with van der Waals surface area (Å²) in [4.78, 5) is 37.1. The highest BCUT2D eigenvalue weighted by molar-refractivity contribution is 6.08. The van der Waals surface area contributed by atoms with Crippen LogP contribution >= 0.6 is 0 Å². The summed E-state index contributed by atoms with van der Waals surface area (Å²) in [6, 6.07) is 13.1. The molecule has 2 aromatic carbocycles. The van der Waals surface area contributed by atoms with Gasteiger partial charge in [0.05, 0.1) is 12.0 Å². The highest BCUT2D eigenvalue weighted by Crippen LogP contribution is 2.29. The number of amides is 2. The monoisotopic (exact) mass is 365 g/mol. The molecular formula is C20H19N3O4. The number of nitrogens with two attached hydrogens (primary N) is 2. The molecule has 3 aromatic rings. The van der Waals surface area contributed by atoms with Gasteiger partial charge in [-0.25, -0.2) is 0 Å². The second-order valence-corrected chi connectivity index (χ2v) is 6.23. The second kappa shape index (κ2) is 7.33. The lowest BCUT2D eigenvalue weighted by Gasteiger charge is -2.06. The Labute approximate surface area is 155 Å². The number of aromatic nitrogens is 1. The quantitative estimate of drug-likeness (QED) is 0.577. The molecule has 5 N–H and O–H groups in total. The molecule has 0 aliphatic rings. The topological polar surface area (TPSA) is 128 Å². The molecule has 2 amide bonds. The van der Waals surface area contributed by atoms with E-state index in [1.165, 1.54) is 6.92 Å². The SMILES string of the molecule is CC(=O)OCc1cccc(-c2ccc3c(C(N)=O)c(CC(N)=O)[nH]c3c2)c1. The van der Waals surface area contributed by atoms with E-state index in [2.05, 4.69) is 4.98 Å². The summed E-state index contributed by atoms with van der Waals surface area (Å²) < 4.78 is 5.03. The summed E-state index contributed by atoms with van der Waals surface area (Å²) in [6.45, 7) is 1.56. The molecule has 0 fully saturated rings. The third-order valence-corrected chi connectivity index (χ3v) is 4.18. The van der Waals surface area contributed by atoms with E-state index in [0.717, 1.165) is 16.7 Å². The van der Waals surface area contributed by atoms with Crippen LogP contribution in [0.1, 0.15) is 28.5 Å². The fourth-order valence-corrected chi connectivity index (χ4v) is 3.05. The number of ether oxygens (including phenoxy) is 1. The molecule has 0 saturated carbocycles. The van der Waals surface area contributed by atoms with Crippen molar-refractivity contribution in [2.24, 2.45) is 11.5 Å². The van der Waals surface area contributed by atoms with Gasteiger partial charge in [0.2, 0.25) is 5.91 Å². The molecular weight excluding hydrogens is 346 g/mol. The van der Waals surface area contributed by atoms with Gasteiger partial charge in [-0.15, -0.1) is 0 Å². The number of carbonyl (C=O) groups excluding carboxylic acids is 3. The molecule has 0 spiro atoms. The summed E-state index contributed by atoms with van der Waals surface area (Å²) in [5, 5.41) is 0.638. The van der Waals surface area contributed by atoms with Crippen LogP contribution in [0.15, 0.2) is 42.5 Å². The van der Waals surface area contributed by atoms with Gasteiger partial charge in [-0.1, -0.05) is 30.3 Å². The number of nitrogens with one attached hydrogen (secondary N) is 1. The lowest BCUT2D eigenvalue weighted by molar-refractivity contribution is -0.142. The first-order valence-corrected chi connectivity index (χ1v) is 8.30. The number of primary amides is 2. The number of hydrogen-bond acceptors (Lipinski definition) is 4. The lowest BCUT2D eigenvalue weighted by atomic mass is 10.0. The Bertz CT molecular complexity index is 1050. The minimum Gasteiger partial charge on any atom is -0.461 e. The van der Waals surface area contributed by atoms with Crippen molar-refractivity contribution >= 4 is 28.7 Å². The molecule has 7 nitrogen and oxygen atoms in total. The number of hydrogen-bond donors (Lipinski definition) is 3. The molecule has 3 rings (SSSR count). The largest absolute Gasteiger partial charge is 0.461 e. The maximum absolute atomic E-state index is 11.8. The zero-order valence-corrected chi connectivity index (χ0v) is 14.7. The van der Waals surface area contributed by atoms with Gasteiger partial charge in [0.15, 0.2) is 0 Å². The number of rotatable bonds is 6. The molecule has 27 heavy (non-hydrogen) atoms. The summed E-state index contributed by atoms with van der Waals surface area (Å²) in [5.41, 5.74) is 14.8. The normalized spacial score (nSPS) is 10.7. The second-order valence-electron chi connectivity index (χ2n) is 6.23. The molecule has 0 aliphatic heterocycles. The molecule has 0 atom stereocenters. The predicted molar refractivity (Wildman–Crippen MR) is 101 cm³/mol. The smallest absolute Gasteiger partial charge is 0.302 e. The Hall–Kier alpha value is -3.61. The Balaban J connectivity index is 2.02. The van der Waals surface area contributed by atoms with Crippen molar-refractivity contribution in [3.63, 3.8) is 0 Å². The van der Waals surface area contributed by atoms with Crippen LogP contribution in [0.3, 0.4) is 0 Å². The van der Waals surface area contributed by atoms with Crippen LogP contribution in [-0.4, -0.2) is 22.8 Å². The van der Waals surface area contributed by atoms with E-state index in [1.54, 1.807) is 6.07 Å². The summed E-state index contributed by atoms with van der Waals surface area (Å²) in [6.07, 6.45) is -0.0971. The van der Waals surface area contributed by atoms with Gasteiger partial charge in [-0.2, -0.15) is 0 Å². The number of aromatic amines is 1. The Kier molecular flexibility index (Phi) is 4.94. The maximum atomic E-state index is 11.8. The van der Waals surface area contributed by atoms with E-state index >= 15 is 0 Å². The molecule has 0 saturated heterocycles. The number of fused-ring (bicyclic) bond motifs is 1. The molecule has 0 unspecified atom stereocenters. The number of carbonyl (C=O) groups is 3. The third-order valence-electron chi connectivity index (χ3n) is 4.18. The number of H-pyrrole nitrogens is 1. The van der Waals surface area contributed by atoms with Crippen LogP contribution < -0.4 is 11.5 Å². The van der Waals surface area contributed by atoms with E-state index in [4.69, 9.17) is 16.2 Å². The zero-order chi connectivity index (χ0) is 19.6. The summed E-state index contributed by atoms with van der Waals surface area (Å²) in [7, 11) is 0. The first kappa shape index (κ1) is 18.2. The van der Waals surface area contributed by atoms with Crippen LogP contribution in [-0.2, 0) is 27.4 Å². The van der Waals surface area contributed by atoms with Gasteiger partial charge in [0.1, 0.15) is 6.61 Å². The minimum absolute atomic E-state index is 0.0971. The molecule has 1 heterocycles. The Morgan fingerprint density at radius 2 is 1.78 bits per heavy atom. The minimum atomic E-state index is -0.617. The van der Waals surface area contributed by atoms with Crippen molar-refractivity contribution in [3.8, 4) is 11.1 Å². The van der Waals surface area contributed by atoms with Crippen LogP contribution in [0.5, 0.6) is 0 Å². The summed E-state index contributed by atoms with van der Waals surface area (Å²) >= 11 is 0. The maximum Gasteiger partial charge on any atom is 0.302 e. The molecule has 0 bridgehead atoms. The predicted octanol–water partition coefficient (Wildman–Crippen LogP) is 2.02. The Morgan fingerprint density at radius 1 is 1.04 bits per heavy atom. The number of esters is 1. The molecule has 0 aliphatic carbocycles. The van der Waals surface area contributed by atoms with Crippen molar-refractivity contribution in [1.29, 1.82) is 0 Å². The molecule has 1 aromatic heterocycles. The molecule has 7 heteroatoms. The van der Waals surface area contributed by atoms with Gasteiger partial charge in [-0.05, 0) is 28.8 Å². The van der Waals surface area contributed by atoms with Gasteiger partial charge in [0, 0.05) is 23.5 Å². The zero-order valence-electron chi connectivity index (χ0n) is 14.7. The van der Waals surface area contributed by atoms with E-state index in [1.807, 2.05) is 36.4 Å². The Morgan fingerprint density at radius 3 is 2.44 bits per heavy atom. The van der Waals surface area contributed by atoms with E-state index < -0.39 is 11.8 Å². The van der Waals surface area contributed by atoms with Crippen LogP contribution in [0.25, 0.3) is 22.0 Å². The van der Waals surface area contributed by atoms with Crippen molar-refractivity contribution in [3.05, 3.63) is 59.3 Å². The third kappa shape index (κ3) is 3.98. The van der Waals surface area contributed by atoms with Crippen LogP contribution in [0.2, 0.25) is 0 Å². The average Bonchev–Trinajstić information content (AvgIpc) is 2.96. The van der Waals surface area contributed by atoms with Crippen molar-refractivity contribution in [2.45, 2.75) is 20.0 Å². The lowest BCUT2D eigenvalue weighted by Crippen LogP contribution is -2.18. The van der Waals surface area contributed by atoms with Crippen LogP contribution in [0, 0.1) is 0 Å². The molecule has 138 valence electrons. The van der Waals surface area contributed by atoms with Gasteiger partial charge >= 0.3 is 5.97 Å². The van der Waals surface area contributed by atoms with E-state index in [0.29, 0.717) is 16.6 Å². The van der Waals surface area contributed by atoms with Crippen molar-refractivity contribution in [2.75, 3.05) is 0 Å². The fourth-order valence-electron chi connectivity index (χ4n) is 3.05. The first-order chi connectivity index (χ1) is 12.8. The molecule has 0 radical (unpaired) electrons. The average molecular weight is 365 g/mol. The van der Waals surface area contributed by atoms with Crippen molar-refractivity contribution in [1.82, 2.24) is 4.98 Å². The van der Waals surface area contributed by atoms with Gasteiger partial charge in [-0.3, -0.25) is 14.4 Å². The number of benzene rings is 2. The van der Waals surface area contributed by atoms with E-state index in [-0.39, 0.29) is 24.6 Å². The fraction of sp³-hybridized carbons (Fsp3) is 0.150. The first-order valence-electron chi connectivity index (χ1n) is 8.30. The van der Waals surface area contributed by atoms with Crippen LogP contribution in [0.4, 0.5) is 0 Å². The highest BCUT2D eigenvalue weighted by atomic mass is 16.5. The summed E-state index contributed by atoms with van der Waals surface area (Å²) in [5.74, 6) is -1.51. The van der Waals surface area contributed by atoms with Crippen molar-refractivity contribution < 1.29 is 19.1 Å². The van der Waals surface area contributed by atoms with Gasteiger partial charge < -0.3 is 21.2 Å².